The molecule has 6 aromatic carbocycles. The van der Waals surface area contributed by atoms with E-state index in [1.54, 1.807) is 75.6 Å². The van der Waals surface area contributed by atoms with Crippen molar-refractivity contribution in [3.8, 4) is 11.5 Å². The second-order valence-electron chi connectivity index (χ2n) is 34.5. The lowest BCUT2D eigenvalue weighted by molar-refractivity contribution is -0.138. The van der Waals surface area contributed by atoms with Crippen molar-refractivity contribution in [2.24, 2.45) is 5.73 Å². The molecule has 4 aliphatic carbocycles. The monoisotopic (exact) mass is 2180 g/mol. The van der Waals surface area contributed by atoms with Crippen LogP contribution in [0.2, 0.25) is 0 Å². The van der Waals surface area contributed by atoms with E-state index in [1.165, 1.54) is 100 Å². The Morgan fingerprint density at radius 3 is 0.965 bits per heavy atom. The van der Waals surface area contributed by atoms with Crippen LogP contribution >= 0.6 is 115 Å². The number of alkyl halides is 14. The minimum atomic E-state index is -4.59. The second kappa shape index (κ2) is 53.5. The van der Waals surface area contributed by atoms with Gasteiger partial charge in [0.1, 0.15) is 59.1 Å². The molecule has 0 spiro atoms. The predicted octanol–water partition coefficient (Wildman–Crippen LogP) is 24.9. The number of hydrogen-bond acceptors (Lipinski definition) is 17. The van der Waals surface area contributed by atoms with Crippen molar-refractivity contribution < 1.29 is 96.9 Å². The van der Waals surface area contributed by atoms with E-state index in [0.29, 0.717) is 37.5 Å². The standard InChI is InChI=1S/C24H25ClN2O2S.C22H24ClF3N2O2S.C21H22ClF3N2O2S.C21H23ClN2O4S.C15H12ClF3N2O2S/c25-16-22(28)27(20-13-6-9-17-8-4-5-12-19(17)20)23(21-14-7-15-30-21)24(29)26-18-10-2-1-3-11-18;1-14(23)21(30)28(17-10-5-7-15(13-17)22(24,25)26)19(18-11-6-12-31-18)20(29)27-16-8-3-2-4-9-16;22-13-18(28)27(16-9-4-6-14(12-16)21(23,24)25)19(17-10-5-11-30-17)20(29)26-15-7-2-1-3-8-15;22-12-19(25)24(15-8-9-16-17(11-15)28-13-27-16)20(18-7-4-10-29-18)21(26)23-14-5-2-1-3-6-14;16-8-12(22)21(13(14(20)23)11-5-2-6-24-11)10-4-1-3-9(7-10)15(17,18)19/h4-9,12-15,18,23H,1-3,10-11,16H2,(H,26,29);5-7,10-14,16,19H,2-4,8-9H2,1H3,(H,27,29);4-6,9-12,15,19H,1-3,7-8,13H2,(H,26,29);4,7-11,14,20H,1-3,5-6,12-13H2,(H,23,26);1-7,13H,8H2,(H2,20,23)/t;14-,19?;;;/m.0.../s1. The van der Waals surface area contributed by atoms with Gasteiger partial charge in [0.15, 0.2) is 11.5 Å². The summed E-state index contributed by atoms with van der Waals surface area (Å²) < 4.78 is 129. The van der Waals surface area contributed by atoms with Crippen molar-refractivity contribution in [1.82, 2.24) is 21.3 Å². The summed E-state index contributed by atoms with van der Waals surface area (Å²) in [6, 6.07) is 44.8. The van der Waals surface area contributed by atoms with Crippen molar-refractivity contribution in [2.45, 2.75) is 214 Å². The normalized spacial score (nSPS) is 15.8. The summed E-state index contributed by atoms with van der Waals surface area (Å²) >= 11 is 36.0. The van der Waals surface area contributed by atoms with Gasteiger partial charge in [-0.05, 0) is 194 Å². The third-order valence-corrected chi connectivity index (χ3v) is 30.3. The molecule has 5 aromatic heterocycles. The van der Waals surface area contributed by atoms with Gasteiger partial charge in [-0.1, -0.05) is 162 Å². The number of nitrogens with one attached hydrogen (secondary N) is 4. The third kappa shape index (κ3) is 30.0. The molecule has 41 heteroatoms. The Morgan fingerprint density at radius 2 is 0.639 bits per heavy atom. The molecule has 4 saturated carbocycles. The highest BCUT2D eigenvalue weighted by atomic mass is 35.5. The number of thiophene rings is 5. The first kappa shape index (κ1) is 112. The van der Waals surface area contributed by atoms with Gasteiger partial charge in [-0.2, -0.15) is 39.5 Å². The Balaban J connectivity index is 0.000000161. The minimum Gasteiger partial charge on any atom is -0.454 e. The van der Waals surface area contributed by atoms with E-state index in [9.17, 15) is 87.5 Å². The van der Waals surface area contributed by atoms with Crippen LogP contribution in [0.5, 0.6) is 11.5 Å². The zero-order valence-electron chi connectivity index (χ0n) is 77.9. The average molecular weight is 2180 g/mol. The average Bonchev–Trinajstić information content (AvgIpc) is 1.18. The minimum absolute atomic E-state index is 0.0109. The highest BCUT2D eigenvalue weighted by Crippen LogP contribution is 2.45. The maximum Gasteiger partial charge on any atom is 0.416 e. The summed E-state index contributed by atoms with van der Waals surface area (Å²) in [4.78, 5) is 139. The van der Waals surface area contributed by atoms with Crippen molar-refractivity contribution in [1.29, 1.82) is 0 Å². The highest BCUT2D eigenvalue weighted by Gasteiger charge is 2.44. The van der Waals surface area contributed by atoms with Gasteiger partial charge in [0.2, 0.25) is 65.9 Å². The fourth-order valence-corrected chi connectivity index (χ4v) is 22.5. The Morgan fingerprint density at radius 1 is 0.347 bits per heavy atom. The van der Waals surface area contributed by atoms with E-state index >= 15 is 0 Å². The van der Waals surface area contributed by atoms with Crippen LogP contribution in [0.1, 0.15) is 207 Å². The Bertz CT molecular complexity index is 6070. The number of fused-ring (bicyclic) bond motifs is 2. The summed E-state index contributed by atoms with van der Waals surface area (Å²) in [7, 11) is 0. The maximum absolute atomic E-state index is 13.5. The summed E-state index contributed by atoms with van der Waals surface area (Å²) in [6.45, 7) is 1.58. The predicted molar refractivity (Wildman–Crippen MR) is 551 cm³/mol. The van der Waals surface area contributed by atoms with Crippen molar-refractivity contribution in [3.63, 3.8) is 0 Å². The molecule has 0 radical (unpaired) electrons. The fourth-order valence-electron chi connectivity index (χ4n) is 17.8. The first-order chi connectivity index (χ1) is 69.1. The number of amides is 10. The number of anilines is 5. The lowest BCUT2D eigenvalue weighted by atomic mass is 9.95. The van der Waals surface area contributed by atoms with Crippen LogP contribution < -0.4 is 61.0 Å². The van der Waals surface area contributed by atoms with Crippen LogP contribution in [0.15, 0.2) is 221 Å². The summed E-state index contributed by atoms with van der Waals surface area (Å²) in [5.74, 6) is -4.90. The molecular weight excluding hydrogens is 2080 g/mol. The first-order valence-corrected chi connectivity index (χ1v) is 53.6. The number of hydrogen-bond donors (Lipinski definition) is 5. The molecule has 4 fully saturated rings. The number of carbonyl (C=O) groups excluding carboxylic acids is 10. The van der Waals surface area contributed by atoms with E-state index in [1.807, 2.05) is 77.5 Å². The summed E-state index contributed by atoms with van der Waals surface area (Å²) in [5.41, 5.74) is 3.76. The molecule has 0 bridgehead atoms. The molecule has 0 saturated heterocycles. The molecule has 16 rings (SSSR count). The lowest BCUT2D eigenvalue weighted by Crippen LogP contribution is -2.48. The third-order valence-electron chi connectivity index (χ3n) is 24.5. The van der Waals surface area contributed by atoms with Gasteiger partial charge in [0.25, 0.3) is 0 Å². The van der Waals surface area contributed by atoms with Gasteiger partial charge in [0.05, 0.1) is 22.4 Å². The van der Waals surface area contributed by atoms with Crippen LogP contribution in [0.4, 0.5) is 68.0 Å². The molecule has 10 amide bonds. The number of rotatable bonds is 29. The van der Waals surface area contributed by atoms with Crippen LogP contribution in [-0.4, -0.2) is 119 Å². The molecule has 6 N–H and O–H groups in total. The first-order valence-electron chi connectivity index (χ1n) is 46.7. The van der Waals surface area contributed by atoms with Crippen LogP contribution in [0.25, 0.3) is 10.8 Å². The van der Waals surface area contributed by atoms with E-state index in [0.717, 1.165) is 205 Å². The van der Waals surface area contributed by atoms with Gasteiger partial charge in [0, 0.05) is 82.8 Å². The van der Waals surface area contributed by atoms with E-state index in [2.05, 4.69) is 21.3 Å². The zero-order valence-corrected chi connectivity index (χ0v) is 85.7. The number of benzene rings is 6. The molecule has 1 aliphatic heterocycles. The van der Waals surface area contributed by atoms with E-state index < -0.39 is 118 Å². The van der Waals surface area contributed by atoms with Crippen molar-refractivity contribution >= 4 is 213 Å². The van der Waals surface area contributed by atoms with Gasteiger partial charge >= 0.3 is 18.5 Å². The molecule has 11 aromatic rings. The lowest BCUT2D eigenvalue weighted by Gasteiger charge is -2.33. The van der Waals surface area contributed by atoms with Crippen LogP contribution in [0, 0.1) is 0 Å². The molecule has 5 aliphatic rings. The van der Waals surface area contributed by atoms with Gasteiger partial charge < -0.3 is 36.5 Å². The molecular formula is C103H106Cl5F9N10O12S5. The SMILES string of the molecule is C[C@H](Cl)C(=O)N(c1cccc(C(F)(F)F)c1)C(C(=O)NC1CCCCC1)c1cccs1.NC(=O)C(c1cccs1)N(C(=O)CCl)c1cccc(C(F)(F)F)c1.O=C(NC1CCCCC1)C(c1cccs1)N(C(=O)CCl)c1ccc2c(c1)OCO2.O=C(NC1CCCCC1)C(c1cccs1)N(C(=O)CCl)c1cccc(C(F)(F)F)c1.O=C(NC1CCCCC1)C(c1cccs1)N(C(=O)CCl)c1cccc2ccccc12. The molecule has 6 atom stereocenters. The number of nitrogens with zero attached hydrogens (tertiary/aromatic N) is 5. The van der Waals surface area contributed by atoms with Gasteiger partial charge in [-0.25, -0.2) is 0 Å². The molecule has 22 nitrogen and oxygen atoms in total. The molecule has 5 unspecified atom stereocenters. The molecule has 144 heavy (non-hydrogen) atoms. The molecule has 6 heterocycles. The quantitative estimate of drug-likeness (QED) is 0.0216. The fraction of sp³-hybridized carbons (Fsp3) is 0.379. The largest absolute Gasteiger partial charge is 0.454 e. The summed E-state index contributed by atoms with van der Waals surface area (Å²) in [6.07, 6.45) is 6.67. The Hall–Kier alpha value is -10.8. The van der Waals surface area contributed by atoms with Gasteiger partial charge in [-0.3, -0.25) is 72.4 Å². The zero-order chi connectivity index (χ0) is 103. The van der Waals surface area contributed by atoms with Gasteiger partial charge in [-0.15, -0.1) is 115 Å². The number of primary amides is 1. The topological polar surface area (TPSA) is 279 Å². The van der Waals surface area contributed by atoms with E-state index in [-0.39, 0.29) is 83.4 Å². The molecule has 768 valence electrons. The van der Waals surface area contributed by atoms with E-state index in [4.69, 9.17) is 73.2 Å². The smallest absolute Gasteiger partial charge is 0.416 e. The van der Waals surface area contributed by atoms with Crippen LogP contribution in [-0.2, 0) is 66.5 Å². The maximum atomic E-state index is 13.5. The number of nitrogens with two attached hydrogens (primary N) is 1. The highest BCUT2D eigenvalue weighted by molar-refractivity contribution is 7.11. The van der Waals surface area contributed by atoms with Crippen molar-refractivity contribution in [2.75, 3.05) is 54.8 Å². The Labute approximate surface area is 872 Å². The van der Waals surface area contributed by atoms with Crippen molar-refractivity contribution in [3.05, 3.63) is 262 Å². The van der Waals surface area contributed by atoms with Crippen LogP contribution in [0.3, 0.4) is 0 Å². The number of ether oxygens (including phenoxy) is 2. The second-order valence-corrected chi connectivity index (χ2v) is 41.1. The number of halogens is 14. The summed E-state index contributed by atoms with van der Waals surface area (Å²) in [5, 5.41) is 22.3. The Kier molecular flexibility index (Phi) is 41.6. The number of carbonyl (C=O) groups is 10.